The summed E-state index contributed by atoms with van der Waals surface area (Å²) in [6, 6.07) is 0. The lowest BCUT2D eigenvalue weighted by Gasteiger charge is -1.76. The molecule has 0 N–H and O–H groups in total. The minimum atomic E-state index is 0.500. The molecule has 0 bridgehead atoms. The van der Waals surface area contributed by atoms with Crippen molar-refractivity contribution in [2.45, 2.75) is 0 Å². The number of ether oxygens (including phenoxy) is 1. The maximum atomic E-state index is 9.50. The fraction of sp³-hybridized carbons (Fsp3) is 0.200. The Hall–Kier alpha value is -0.790. The van der Waals surface area contributed by atoms with Gasteiger partial charge in [-0.25, -0.2) is 0 Å². The largest absolute Gasteiger partial charge is 0.474 e. The maximum Gasteiger partial charge on any atom is 0.0829 e. The summed E-state index contributed by atoms with van der Waals surface area (Å²) in [6.07, 6.45) is 2.62. The van der Waals surface area contributed by atoms with Crippen molar-refractivity contribution >= 4 is 0 Å². The maximum absolute atomic E-state index is 9.50. The molecule has 0 amide bonds. The van der Waals surface area contributed by atoms with E-state index in [0.717, 1.165) is 0 Å². The summed E-state index contributed by atoms with van der Waals surface area (Å²) in [5.41, 5.74) is 0. The fourth-order valence-corrected chi connectivity index (χ4v) is 0.0680. The highest BCUT2D eigenvalue weighted by atomic mass is 19.1. The Morgan fingerprint density at radius 3 is 1.57 bits per heavy atom. The average molecular weight is 104 g/mol. The second-order valence-electron chi connectivity index (χ2n) is 0.469. The number of hydrogen-bond donors (Lipinski definition) is 0. The van der Waals surface area contributed by atoms with Gasteiger partial charge in [0.1, 0.15) is 0 Å². The monoisotopic (exact) mass is 104 g/mol. The van der Waals surface area contributed by atoms with Crippen molar-refractivity contribution in [3.63, 3.8) is 0 Å². The summed E-state index contributed by atoms with van der Waals surface area (Å²) in [5, 5.41) is 0. The van der Waals surface area contributed by atoms with Crippen molar-refractivity contribution in [3.8, 4) is 0 Å². The van der Waals surface area contributed by atoms with Gasteiger partial charge < -0.3 is 4.74 Å². The number of hydrogen-bond acceptors (Lipinski definition) is 1. The predicted octanol–water partition coefficient (Wildman–Crippen LogP) is 1.88. The Labute approximate surface area is 43.1 Å². The van der Waals surface area contributed by atoms with Gasteiger partial charge in [-0.3, -0.25) is 4.39 Å². The lowest BCUT2D eigenvalue weighted by atomic mass is 11.1. The van der Waals surface area contributed by atoms with Gasteiger partial charge in [-0.1, -0.05) is 13.2 Å². The van der Waals surface area contributed by atoms with E-state index in [4.69, 9.17) is 0 Å². The van der Waals surface area contributed by atoms with Crippen LogP contribution in [0.5, 0.6) is 0 Å². The van der Waals surface area contributed by atoms with Crippen molar-refractivity contribution in [2.75, 3.05) is 7.18 Å². The van der Waals surface area contributed by atoms with Gasteiger partial charge in [-0.2, -0.15) is 0 Å². The molecular weight excluding hydrogens is 95.1 g/mol. The minimum Gasteiger partial charge on any atom is -0.474 e. The lowest BCUT2D eigenvalue weighted by molar-refractivity contribution is 0.406. The molecule has 0 saturated heterocycles. The van der Waals surface area contributed by atoms with Crippen LogP contribution in [0.4, 0.5) is 4.39 Å². The Morgan fingerprint density at radius 1 is 1.29 bits per heavy atom. The van der Waals surface area contributed by atoms with Crippen LogP contribution in [0.15, 0.2) is 25.7 Å². The summed E-state index contributed by atoms with van der Waals surface area (Å²) >= 11 is 0. The molecule has 0 aliphatic rings. The van der Waals surface area contributed by atoms with Crippen LogP contribution in [-0.2, 0) is 4.74 Å². The molecule has 0 aliphatic carbocycles. The van der Waals surface area contributed by atoms with Gasteiger partial charge in [0.05, 0.1) is 19.7 Å². The molecule has 0 aromatic heterocycles. The zero-order valence-corrected chi connectivity index (χ0v) is 4.36. The van der Waals surface area contributed by atoms with E-state index in [1.807, 2.05) is 0 Å². The molecule has 0 atom stereocenters. The Kier molecular flexibility index (Phi) is 25.7. The van der Waals surface area contributed by atoms with Gasteiger partial charge in [0.25, 0.3) is 0 Å². The number of rotatable bonds is 2. The summed E-state index contributed by atoms with van der Waals surface area (Å²) in [6.45, 7) is 6.51. The standard InChI is InChI=1S/C4H6O.CH3F/c1-3-5-4-2;1-2/h3-4H,1-2H2;1H3. The minimum absolute atomic E-state index is 0.500. The molecule has 2 heteroatoms. The molecule has 0 aromatic carbocycles. The zero-order valence-electron chi connectivity index (χ0n) is 4.36. The first-order valence-corrected chi connectivity index (χ1v) is 1.67. The van der Waals surface area contributed by atoms with Gasteiger partial charge in [0, 0.05) is 0 Å². The average Bonchev–Trinajstić information content (AvgIpc) is 1.75. The second-order valence-corrected chi connectivity index (χ2v) is 0.469. The van der Waals surface area contributed by atoms with E-state index in [1.54, 1.807) is 0 Å². The molecule has 1 nitrogen and oxygen atoms in total. The zero-order chi connectivity index (χ0) is 6.12. The van der Waals surface area contributed by atoms with Crippen LogP contribution in [0.25, 0.3) is 0 Å². The van der Waals surface area contributed by atoms with E-state index in [1.165, 1.54) is 12.5 Å². The molecule has 0 unspecified atom stereocenters. The summed E-state index contributed by atoms with van der Waals surface area (Å²) < 4.78 is 13.9. The van der Waals surface area contributed by atoms with Crippen LogP contribution in [0.3, 0.4) is 0 Å². The van der Waals surface area contributed by atoms with E-state index < -0.39 is 0 Å². The first-order valence-electron chi connectivity index (χ1n) is 1.67. The third kappa shape index (κ3) is 36.7. The molecule has 0 radical (unpaired) electrons. The van der Waals surface area contributed by atoms with Gasteiger partial charge >= 0.3 is 0 Å². The second kappa shape index (κ2) is 18.9. The van der Waals surface area contributed by atoms with Crippen LogP contribution in [0.1, 0.15) is 0 Å². The normalized spacial score (nSPS) is 4.86. The van der Waals surface area contributed by atoms with E-state index >= 15 is 0 Å². The van der Waals surface area contributed by atoms with E-state index in [-0.39, 0.29) is 0 Å². The molecular formula is C5H9FO. The van der Waals surface area contributed by atoms with Gasteiger partial charge in [-0.05, 0) is 0 Å². The highest BCUT2D eigenvalue weighted by Gasteiger charge is 1.45. The molecule has 0 spiro atoms. The van der Waals surface area contributed by atoms with Crippen LogP contribution in [-0.4, -0.2) is 7.18 Å². The lowest BCUT2D eigenvalue weighted by Crippen LogP contribution is -1.52. The number of alkyl halides is 1. The van der Waals surface area contributed by atoms with Crippen LogP contribution >= 0.6 is 0 Å². The smallest absolute Gasteiger partial charge is 0.0829 e. The van der Waals surface area contributed by atoms with Crippen LogP contribution in [0, 0.1) is 0 Å². The fourth-order valence-electron chi connectivity index (χ4n) is 0.0680. The Bertz CT molecular complexity index is 37.3. The van der Waals surface area contributed by atoms with Crippen molar-refractivity contribution in [1.29, 1.82) is 0 Å². The predicted molar refractivity (Wildman–Crippen MR) is 28.5 cm³/mol. The van der Waals surface area contributed by atoms with Gasteiger partial charge in [0.2, 0.25) is 0 Å². The molecule has 0 fully saturated rings. The summed E-state index contributed by atoms with van der Waals surface area (Å²) in [7, 11) is 0.500. The third-order valence-electron chi connectivity index (χ3n) is 0.192. The molecule has 0 heterocycles. The first-order chi connectivity index (χ1) is 3.41. The third-order valence-corrected chi connectivity index (χ3v) is 0.192. The van der Waals surface area contributed by atoms with Gasteiger partial charge in [0.15, 0.2) is 0 Å². The molecule has 0 saturated carbocycles. The SMILES string of the molecule is C=COC=C.CF. The Balaban J connectivity index is 0. The highest BCUT2D eigenvalue weighted by molar-refractivity contribution is 4.57. The topological polar surface area (TPSA) is 9.23 Å². The van der Waals surface area contributed by atoms with E-state index in [2.05, 4.69) is 17.9 Å². The Morgan fingerprint density at radius 2 is 1.57 bits per heavy atom. The molecule has 42 valence electrons. The molecule has 0 aromatic rings. The molecule has 0 aliphatic heterocycles. The van der Waals surface area contributed by atoms with Crippen LogP contribution < -0.4 is 0 Å². The van der Waals surface area contributed by atoms with Crippen molar-refractivity contribution in [1.82, 2.24) is 0 Å². The van der Waals surface area contributed by atoms with E-state index in [9.17, 15) is 4.39 Å². The highest BCUT2D eigenvalue weighted by Crippen LogP contribution is 1.65. The van der Waals surface area contributed by atoms with Crippen LogP contribution in [0.2, 0.25) is 0 Å². The molecule has 7 heavy (non-hydrogen) atoms. The van der Waals surface area contributed by atoms with Crippen molar-refractivity contribution in [3.05, 3.63) is 25.7 Å². The number of halogens is 1. The molecule has 0 rings (SSSR count). The van der Waals surface area contributed by atoms with E-state index in [0.29, 0.717) is 7.18 Å². The summed E-state index contributed by atoms with van der Waals surface area (Å²) in [5.74, 6) is 0. The van der Waals surface area contributed by atoms with Gasteiger partial charge in [-0.15, -0.1) is 0 Å². The first kappa shape index (κ1) is 9.51. The van der Waals surface area contributed by atoms with Crippen molar-refractivity contribution in [2.24, 2.45) is 0 Å². The summed E-state index contributed by atoms with van der Waals surface area (Å²) in [4.78, 5) is 0. The quantitative estimate of drug-likeness (QED) is 0.486. The van der Waals surface area contributed by atoms with Crippen molar-refractivity contribution < 1.29 is 9.13 Å².